The van der Waals surface area contributed by atoms with Gasteiger partial charge in [0.1, 0.15) is 5.78 Å². The topological polar surface area (TPSA) is 34.9 Å². The third kappa shape index (κ3) is 2.14. The van der Waals surface area contributed by atoms with E-state index in [0.717, 1.165) is 35.2 Å². The first-order valence-electron chi connectivity index (χ1n) is 5.38. The summed E-state index contributed by atoms with van der Waals surface area (Å²) in [5.74, 6) is 0.697. The van der Waals surface area contributed by atoms with E-state index in [0.29, 0.717) is 18.1 Å². The quantitative estimate of drug-likeness (QED) is 0.843. The van der Waals surface area contributed by atoms with Crippen molar-refractivity contribution < 1.29 is 4.79 Å². The first-order valence-corrected chi connectivity index (χ1v) is 6.17. The SMILES string of the molecule is CCn1nc(C)c(Br)c1CC(=O)C1CC1. The summed E-state index contributed by atoms with van der Waals surface area (Å²) in [5, 5.41) is 4.38. The first kappa shape index (κ1) is 10.9. The van der Waals surface area contributed by atoms with Gasteiger partial charge in [0.05, 0.1) is 15.9 Å². The van der Waals surface area contributed by atoms with Crippen molar-refractivity contribution in [1.29, 1.82) is 0 Å². The fourth-order valence-corrected chi connectivity index (χ4v) is 2.18. The first-order chi connectivity index (χ1) is 7.13. The van der Waals surface area contributed by atoms with Crippen LogP contribution in [0.1, 0.15) is 31.2 Å². The highest BCUT2D eigenvalue weighted by Crippen LogP contribution is 2.32. The summed E-state index contributed by atoms with van der Waals surface area (Å²) in [6.07, 6.45) is 2.69. The molecule has 1 fully saturated rings. The van der Waals surface area contributed by atoms with Crippen molar-refractivity contribution in [2.24, 2.45) is 5.92 Å². The number of Topliss-reactive ketones (excluding diaryl/α,β-unsaturated/α-hetero) is 1. The number of aromatic nitrogens is 2. The van der Waals surface area contributed by atoms with Gasteiger partial charge in [0, 0.05) is 18.9 Å². The Morgan fingerprint density at radius 1 is 1.60 bits per heavy atom. The minimum atomic E-state index is 0.331. The van der Waals surface area contributed by atoms with E-state index in [1.54, 1.807) is 0 Å². The Morgan fingerprint density at radius 3 is 2.80 bits per heavy atom. The van der Waals surface area contributed by atoms with Crippen molar-refractivity contribution >= 4 is 21.7 Å². The molecule has 0 unspecified atom stereocenters. The number of aryl methyl sites for hydroxylation is 2. The van der Waals surface area contributed by atoms with E-state index in [1.165, 1.54) is 0 Å². The Morgan fingerprint density at radius 2 is 2.27 bits per heavy atom. The van der Waals surface area contributed by atoms with Gasteiger partial charge in [-0.25, -0.2) is 0 Å². The smallest absolute Gasteiger partial charge is 0.141 e. The van der Waals surface area contributed by atoms with Crippen molar-refractivity contribution in [3.63, 3.8) is 0 Å². The molecule has 0 N–H and O–H groups in total. The van der Waals surface area contributed by atoms with Crippen LogP contribution in [0.4, 0.5) is 0 Å². The molecule has 0 saturated heterocycles. The molecule has 0 aliphatic heterocycles. The van der Waals surface area contributed by atoms with Gasteiger partial charge in [-0.2, -0.15) is 5.10 Å². The van der Waals surface area contributed by atoms with Crippen LogP contribution in [-0.4, -0.2) is 15.6 Å². The lowest BCUT2D eigenvalue weighted by molar-refractivity contribution is -0.119. The van der Waals surface area contributed by atoms with E-state index in [2.05, 4.69) is 21.0 Å². The maximum absolute atomic E-state index is 11.7. The van der Waals surface area contributed by atoms with Crippen LogP contribution in [0, 0.1) is 12.8 Å². The standard InChI is InChI=1S/C11H15BrN2O/c1-3-14-9(11(12)7(2)13-14)6-10(15)8-4-5-8/h8H,3-6H2,1-2H3. The van der Waals surface area contributed by atoms with Crippen molar-refractivity contribution in [2.75, 3.05) is 0 Å². The fourth-order valence-electron chi connectivity index (χ4n) is 1.75. The van der Waals surface area contributed by atoms with Crippen LogP contribution in [0.3, 0.4) is 0 Å². The van der Waals surface area contributed by atoms with E-state index in [-0.39, 0.29) is 0 Å². The van der Waals surface area contributed by atoms with E-state index in [1.807, 2.05) is 18.5 Å². The van der Waals surface area contributed by atoms with Crippen LogP contribution in [-0.2, 0) is 17.8 Å². The summed E-state index contributed by atoms with van der Waals surface area (Å²) < 4.78 is 2.91. The lowest BCUT2D eigenvalue weighted by Crippen LogP contribution is -2.11. The number of rotatable bonds is 4. The minimum absolute atomic E-state index is 0.331. The monoisotopic (exact) mass is 270 g/mol. The zero-order chi connectivity index (χ0) is 11.0. The second-order valence-electron chi connectivity index (χ2n) is 4.08. The Bertz CT molecular complexity index is 394. The van der Waals surface area contributed by atoms with E-state index >= 15 is 0 Å². The van der Waals surface area contributed by atoms with Crippen molar-refractivity contribution in [1.82, 2.24) is 9.78 Å². The maximum Gasteiger partial charge on any atom is 0.141 e. The van der Waals surface area contributed by atoms with Gasteiger partial charge in [0.2, 0.25) is 0 Å². The third-order valence-corrected chi connectivity index (χ3v) is 3.86. The highest BCUT2D eigenvalue weighted by Gasteiger charge is 2.30. The maximum atomic E-state index is 11.7. The molecule has 2 rings (SSSR count). The number of halogens is 1. The predicted octanol–water partition coefficient (Wildman–Crippen LogP) is 2.50. The average Bonchev–Trinajstić information content (AvgIpc) is 3.01. The molecule has 0 aromatic carbocycles. The molecule has 0 bridgehead atoms. The molecule has 1 saturated carbocycles. The zero-order valence-electron chi connectivity index (χ0n) is 9.09. The molecular weight excluding hydrogens is 256 g/mol. The summed E-state index contributed by atoms with van der Waals surface area (Å²) in [6.45, 7) is 4.82. The normalized spacial score (nSPS) is 15.7. The van der Waals surface area contributed by atoms with Crippen LogP contribution in [0.25, 0.3) is 0 Å². The number of carbonyl (C=O) groups excluding carboxylic acids is 1. The van der Waals surface area contributed by atoms with Gasteiger partial charge < -0.3 is 0 Å². The van der Waals surface area contributed by atoms with Crippen LogP contribution in [0.5, 0.6) is 0 Å². The summed E-state index contributed by atoms with van der Waals surface area (Å²) in [6, 6.07) is 0. The van der Waals surface area contributed by atoms with Crippen molar-refractivity contribution in [2.45, 2.75) is 39.7 Å². The molecule has 0 amide bonds. The number of carbonyl (C=O) groups is 1. The fraction of sp³-hybridized carbons (Fsp3) is 0.636. The molecule has 0 atom stereocenters. The second-order valence-corrected chi connectivity index (χ2v) is 4.87. The van der Waals surface area contributed by atoms with Crippen LogP contribution in [0.2, 0.25) is 0 Å². The van der Waals surface area contributed by atoms with Gasteiger partial charge in [-0.3, -0.25) is 9.48 Å². The molecule has 0 radical (unpaired) electrons. The number of nitrogens with zero attached hydrogens (tertiary/aromatic N) is 2. The summed E-state index contributed by atoms with van der Waals surface area (Å²) in [4.78, 5) is 11.7. The van der Waals surface area contributed by atoms with Crippen molar-refractivity contribution in [3.8, 4) is 0 Å². The second kappa shape index (κ2) is 4.08. The largest absolute Gasteiger partial charge is 0.299 e. The predicted molar refractivity (Wildman–Crippen MR) is 61.8 cm³/mol. The average molecular weight is 271 g/mol. The molecule has 1 heterocycles. The molecular formula is C11H15BrN2O. The van der Waals surface area contributed by atoms with Gasteiger partial charge in [0.25, 0.3) is 0 Å². The molecule has 1 aliphatic rings. The number of ketones is 1. The Labute approximate surface area is 98.0 Å². The molecule has 4 heteroatoms. The summed E-state index contributed by atoms with van der Waals surface area (Å²) in [7, 11) is 0. The highest BCUT2D eigenvalue weighted by molar-refractivity contribution is 9.10. The van der Waals surface area contributed by atoms with Gasteiger partial charge in [-0.05, 0) is 42.6 Å². The van der Waals surface area contributed by atoms with Gasteiger partial charge >= 0.3 is 0 Å². The minimum Gasteiger partial charge on any atom is -0.299 e. The zero-order valence-corrected chi connectivity index (χ0v) is 10.7. The highest BCUT2D eigenvalue weighted by atomic mass is 79.9. The Balaban J connectivity index is 2.21. The van der Waals surface area contributed by atoms with Crippen LogP contribution in [0.15, 0.2) is 4.47 Å². The number of hydrogen-bond acceptors (Lipinski definition) is 2. The molecule has 1 aromatic heterocycles. The molecule has 1 aliphatic carbocycles. The Hall–Kier alpha value is -0.640. The van der Waals surface area contributed by atoms with Crippen LogP contribution >= 0.6 is 15.9 Å². The van der Waals surface area contributed by atoms with Crippen LogP contribution < -0.4 is 0 Å². The van der Waals surface area contributed by atoms with E-state index < -0.39 is 0 Å². The molecule has 0 spiro atoms. The van der Waals surface area contributed by atoms with E-state index in [4.69, 9.17) is 0 Å². The summed E-state index contributed by atoms with van der Waals surface area (Å²) in [5.41, 5.74) is 2.00. The Kier molecular flexibility index (Phi) is 2.96. The molecule has 15 heavy (non-hydrogen) atoms. The molecule has 82 valence electrons. The number of hydrogen-bond donors (Lipinski definition) is 0. The lowest BCUT2D eigenvalue weighted by atomic mass is 10.1. The van der Waals surface area contributed by atoms with E-state index in [9.17, 15) is 4.79 Å². The third-order valence-electron chi connectivity index (χ3n) is 2.83. The van der Waals surface area contributed by atoms with Gasteiger partial charge in [-0.15, -0.1) is 0 Å². The lowest BCUT2D eigenvalue weighted by Gasteiger charge is -2.03. The van der Waals surface area contributed by atoms with Gasteiger partial charge in [-0.1, -0.05) is 0 Å². The van der Waals surface area contributed by atoms with Gasteiger partial charge in [0.15, 0.2) is 0 Å². The molecule has 1 aromatic rings. The molecule has 3 nitrogen and oxygen atoms in total. The summed E-state index contributed by atoms with van der Waals surface area (Å²) >= 11 is 3.50. The van der Waals surface area contributed by atoms with Crippen molar-refractivity contribution in [3.05, 3.63) is 15.9 Å².